The highest BCUT2D eigenvalue weighted by Gasteiger charge is 2.27. The van der Waals surface area contributed by atoms with Gasteiger partial charge in [-0.3, -0.25) is 10.1 Å². The Hall–Kier alpha value is -1.55. The maximum Gasteiger partial charge on any atom is 0.325 e. The number of ether oxygens (including phenoxy) is 1. The average molecular weight is 223 g/mol. The van der Waals surface area contributed by atoms with Crippen LogP contribution < -0.4 is 5.32 Å². The van der Waals surface area contributed by atoms with Gasteiger partial charge in [-0.2, -0.15) is 0 Å². The number of aromatic hydroxyl groups is 1. The topological polar surface area (TPSA) is 58.6 Å². The number of para-hydroxylation sites is 1. The zero-order chi connectivity index (χ0) is 12.2. The standard InChI is InChI=1S/C12H17NO3/c1-12(2,11(15)16-3)13-8-9-6-4-5-7-10(9)14/h4-7,13-14H,8H2,1-3H3. The van der Waals surface area contributed by atoms with Crippen LogP contribution in [0.15, 0.2) is 24.3 Å². The summed E-state index contributed by atoms with van der Waals surface area (Å²) in [5.41, 5.74) is -0.0173. The molecule has 4 heteroatoms. The first-order chi connectivity index (χ1) is 7.47. The minimum Gasteiger partial charge on any atom is -0.508 e. The van der Waals surface area contributed by atoms with Gasteiger partial charge in [0.2, 0.25) is 0 Å². The summed E-state index contributed by atoms with van der Waals surface area (Å²) in [6.07, 6.45) is 0. The van der Waals surface area contributed by atoms with E-state index in [1.165, 1.54) is 7.11 Å². The van der Waals surface area contributed by atoms with Gasteiger partial charge in [0.25, 0.3) is 0 Å². The van der Waals surface area contributed by atoms with Crippen LogP contribution in [0.25, 0.3) is 0 Å². The van der Waals surface area contributed by atoms with Crippen LogP contribution in [0.4, 0.5) is 0 Å². The molecule has 16 heavy (non-hydrogen) atoms. The smallest absolute Gasteiger partial charge is 0.325 e. The molecular weight excluding hydrogens is 206 g/mol. The van der Waals surface area contributed by atoms with Crippen molar-refractivity contribution in [1.29, 1.82) is 0 Å². The summed E-state index contributed by atoms with van der Waals surface area (Å²) in [6, 6.07) is 7.00. The fraction of sp³-hybridized carbons (Fsp3) is 0.417. The lowest BCUT2D eigenvalue weighted by Crippen LogP contribution is -2.46. The normalized spacial score (nSPS) is 11.2. The van der Waals surface area contributed by atoms with Gasteiger partial charge < -0.3 is 9.84 Å². The van der Waals surface area contributed by atoms with Crippen LogP contribution in [0.3, 0.4) is 0 Å². The first-order valence-electron chi connectivity index (χ1n) is 5.07. The van der Waals surface area contributed by atoms with Crippen molar-refractivity contribution in [3.8, 4) is 5.75 Å². The van der Waals surface area contributed by atoms with Crippen molar-refractivity contribution in [3.63, 3.8) is 0 Å². The van der Waals surface area contributed by atoms with Crippen molar-refractivity contribution in [3.05, 3.63) is 29.8 Å². The van der Waals surface area contributed by atoms with E-state index in [0.29, 0.717) is 6.54 Å². The Morgan fingerprint density at radius 1 is 1.44 bits per heavy atom. The first-order valence-corrected chi connectivity index (χ1v) is 5.07. The number of carbonyl (C=O) groups is 1. The number of benzene rings is 1. The number of carbonyl (C=O) groups excluding carboxylic acids is 1. The minimum absolute atomic E-state index is 0.218. The number of rotatable bonds is 4. The summed E-state index contributed by atoms with van der Waals surface area (Å²) in [5.74, 6) is -0.112. The molecule has 1 aromatic carbocycles. The Morgan fingerprint density at radius 3 is 2.62 bits per heavy atom. The molecule has 4 nitrogen and oxygen atoms in total. The second-order valence-electron chi connectivity index (χ2n) is 4.10. The third-order valence-corrected chi connectivity index (χ3v) is 2.41. The molecule has 1 aromatic rings. The second kappa shape index (κ2) is 4.99. The van der Waals surface area contributed by atoms with Gasteiger partial charge in [-0.25, -0.2) is 0 Å². The van der Waals surface area contributed by atoms with E-state index in [2.05, 4.69) is 10.1 Å². The molecular formula is C12H17NO3. The lowest BCUT2D eigenvalue weighted by molar-refractivity contribution is -0.147. The second-order valence-corrected chi connectivity index (χ2v) is 4.10. The molecule has 0 saturated heterocycles. The molecule has 0 aliphatic heterocycles. The van der Waals surface area contributed by atoms with Crippen molar-refractivity contribution in [2.45, 2.75) is 25.9 Å². The van der Waals surface area contributed by atoms with Crippen LogP contribution in [0.5, 0.6) is 5.75 Å². The van der Waals surface area contributed by atoms with E-state index in [4.69, 9.17) is 0 Å². The number of esters is 1. The van der Waals surface area contributed by atoms with Crippen molar-refractivity contribution in [2.24, 2.45) is 0 Å². The van der Waals surface area contributed by atoms with Gasteiger partial charge >= 0.3 is 5.97 Å². The van der Waals surface area contributed by atoms with Crippen LogP contribution in [0.1, 0.15) is 19.4 Å². The van der Waals surface area contributed by atoms with E-state index in [0.717, 1.165) is 5.56 Å². The Labute approximate surface area is 95.2 Å². The zero-order valence-electron chi connectivity index (χ0n) is 9.78. The minimum atomic E-state index is -0.767. The van der Waals surface area contributed by atoms with Crippen molar-refractivity contribution >= 4 is 5.97 Å². The fourth-order valence-corrected chi connectivity index (χ4v) is 1.30. The monoisotopic (exact) mass is 223 g/mol. The molecule has 88 valence electrons. The highest BCUT2D eigenvalue weighted by atomic mass is 16.5. The van der Waals surface area contributed by atoms with Crippen molar-refractivity contribution in [2.75, 3.05) is 7.11 Å². The number of methoxy groups -OCH3 is 1. The highest BCUT2D eigenvalue weighted by molar-refractivity contribution is 5.79. The third kappa shape index (κ3) is 2.97. The van der Waals surface area contributed by atoms with Gasteiger partial charge in [-0.1, -0.05) is 18.2 Å². The maximum atomic E-state index is 11.4. The molecule has 1 rings (SSSR count). The number of hydrogen-bond acceptors (Lipinski definition) is 4. The molecule has 0 saturated carbocycles. The van der Waals surface area contributed by atoms with Gasteiger partial charge in [0.15, 0.2) is 0 Å². The van der Waals surface area contributed by atoms with Crippen LogP contribution in [0, 0.1) is 0 Å². The summed E-state index contributed by atoms with van der Waals surface area (Å²) < 4.78 is 4.67. The van der Waals surface area contributed by atoms with E-state index < -0.39 is 5.54 Å². The number of nitrogens with one attached hydrogen (secondary N) is 1. The van der Waals surface area contributed by atoms with Crippen LogP contribution in [0.2, 0.25) is 0 Å². The molecule has 0 radical (unpaired) electrons. The van der Waals surface area contributed by atoms with Gasteiger partial charge in [-0.05, 0) is 19.9 Å². The van der Waals surface area contributed by atoms with Crippen LogP contribution >= 0.6 is 0 Å². The predicted molar refractivity (Wildman–Crippen MR) is 61.0 cm³/mol. The van der Waals surface area contributed by atoms with E-state index in [1.54, 1.807) is 32.0 Å². The Kier molecular flexibility index (Phi) is 3.90. The summed E-state index contributed by atoms with van der Waals surface area (Å²) in [6.45, 7) is 3.88. The lowest BCUT2D eigenvalue weighted by Gasteiger charge is -2.23. The molecule has 0 aliphatic rings. The largest absolute Gasteiger partial charge is 0.508 e. The Bertz CT molecular complexity index is 374. The molecule has 0 unspecified atom stereocenters. The van der Waals surface area contributed by atoms with E-state index in [-0.39, 0.29) is 11.7 Å². The first kappa shape index (κ1) is 12.5. The summed E-state index contributed by atoms with van der Waals surface area (Å²) in [4.78, 5) is 11.4. The molecule has 0 aliphatic carbocycles. The lowest BCUT2D eigenvalue weighted by atomic mass is 10.1. The quantitative estimate of drug-likeness (QED) is 0.758. The predicted octanol–water partition coefficient (Wildman–Crippen LogP) is 1.43. The summed E-state index contributed by atoms with van der Waals surface area (Å²) >= 11 is 0. The third-order valence-electron chi connectivity index (χ3n) is 2.41. The van der Waals surface area contributed by atoms with Gasteiger partial charge in [0, 0.05) is 12.1 Å². The maximum absolute atomic E-state index is 11.4. The van der Waals surface area contributed by atoms with E-state index >= 15 is 0 Å². The molecule has 0 bridgehead atoms. The van der Waals surface area contributed by atoms with Crippen molar-refractivity contribution < 1.29 is 14.6 Å². The molecule has 0 fully saturated rings. The molecule has 0 atom stereocenters. The fourth-order valence-electron chi connectivity index (χ4n) is 1.30. The van der Waals surface area contributed by atoms with E-state index in [1.807, 2.05) is 6.07 Å². The zero-order valence-corrected chi connectivity index (χ0v) is 9.78. The summed E-state index contributed by atoms with van der Waals surface area (Å²) in [7, 11) is 1.35. The SMILES string of the molecule is COC(=O)C(C)(C)NCc1ccccc1O. The molecule has 0 spiro atoms. The number of phenolic OH excluding ortho intramolecular Hbond substituents is 1. The Morgan fingerprint density at radius 2 is 2.06 bits per heavy atom. The molecule has 2 N–H and O–H groups in total. The highest BCUT2D eigenvalue weighted by Crippen LogP contribution is 2.16. The van der Waals surface area contributed by atoms with Gasteiger partial charge in [-0.15, -0.1) is 0 Å². The van der Waals surface area contributed by atoms with Crippen LogP contribution in [-0.2, 0) is 16.1 Å². The molecule has 0 heterocycles. The summed E-state index contributed by atoms with van der Waals surface area (Å²) in [5, 5.41) is 12.6. The molecule has 0 aromatic heterocycles. The van der Waals surface area contributed by atoms with Gasteiger partial charge in [0.1, 0.15) is 11.3 Å². The molecule has 0 amide bonds. The number of hydrogen-bond donors (Lipinski definition) is 2. The average Bonchev–Trinajstić information content (AvgIpc) is 2.27. The van der Waals surface area contributed by atoms with Crippen molar-refractivity contribution in [1.82, 2.24) is 5.32 Å². The van der Waals surface area contributed by atoms with E-state index in [9.17, 15) is 9.90 Å². The van der Waals surface area contributed by atoms with Gasteiger partial charge in [0.05, 0.1) is 7.11 Å². The number of phenols is 1. The Balaban J connectivity index is 2.65. The van der Waals surface area contributed by atoms with Crippen LogP contribution in [-0.4, -0.2) is 23.7 Å².